The maximum Gasteiger partial charge on any atom is 0.339 e. The lowest BCUT2D eigenvalue weighted by molar-refractivity contribution is -0.124. The van der Waals surface area contributed by atoms with Crippen LogP contribution in [0, 0.1) is 6.92 Å². The zero-order valence-corrected chi connectivity index (χ0v) is 17.2. The Kier molecular flexibility index (Phi) is 5.86. The lowest BCUT2D eigenvalue weighted by atomic mass is 10.1. The van der Waals surface area contributed by atoms with E-state index in [4.69, 9.17) is 4.74 Å². The molecule has 0 radical (unpaired) electrons. The van der Waals surface area contributed by atoms with Crippen LogP contribution in [0.1, 0.15) is 21.5 Å². The molecule has 1 N–H and O–H groups in total. The van der Waals surface area contributed by atoms with Gasteiger partial charge in [-0.3, -0.25) is 4.79 Å². The van der Waals surface area contributed by atoms with Gasteiger partial charge < -0.3 is 10.1 Å². The molecular formula is C24H20N2O3S. The van der Waals surface area contributed by atoms with Crippen molar-refractivity contribution in [3.63, 3.8) is 0 Å². The summed E-state index contributed by atoms with van der Waals surface area (Å²) in [7, 11) is 0. The van der Waals surface area contributed by atoms with Gasteiger partial charge in [-0.15, -0.1) is 11.3 Å². The quantitative estimate of drug-likeness (QED) is 0.461. The van der Waals surface area contributed by atoms with E-state index in [0.29, 0.717) is 17.7 Å². The first kappa shape index (κ1) is 19.8. The number of rotatable bonds is 6. The summed E-state index contributed by atoms with van der Waals surface area (Å²) in [5.41, 5.74) is 4.12. The summed E-state index contributed by atoms with van der Waals surface area (Å²) in [6.07, 6.45) is 0. The molecular weight excluding hydrogens is 396 g/mol. The molecule has 0 unspecified atom stereocenters. The van der Waals surface area contributed by atoms with Crippen LogP contribution in [-0.4, -0.2) is 23.5 Å². The van der Waals surface area contributed by atoms with Gasteiger partial charge >= 0.3 is 5.97 Å². The van der Waals surface area contributed by atoms with Gasteiger partial charge in [0.25, 0.3) is 5.91 Å². The summed E-state index contributed by atoms with van der Waals surface area (Å²) in [5, 5.41) is 3.51. The molecule has 1 heterocycles. The Morgan fingerprint density at radius 2 is 1.70 bits per heavy atom. The molecule has 1 aromatic heterocycles. The van der Waals surface area contributed by atoms with Gasteiger partial charge in [0.05, 0.1) is 15.8 Å². The first-order chi connectivity index (χ1) is 14.6. The smallest absolute Gasteiger partial charge is 0.339 e. The summed E-state index contributed by atoms with van der Waals surface area (Å²) in [4.78, 5) is 29.4. The number of hydrogen-bond acceptors (Lipinski definition) is 5. The van der Waals surface area contributed by atoms with Crippen molar-refractivity contribution in [1.29, 1.82) is 0 Å². The molecule has 0 bridgehead atoms. The predicted octanol–water partition coefficient (Wildman–Crippen LogP) is 4.74. The Morgan fingerprint density at radius 1 is 0.967 bits per heavy atom. The molecule has 1 amide bonds. The van der Waals surface area contributed by atoms with Crippen molar-refractivity contribution >= 4 is 33.4 Å². The standard InChI is InChI=1S/C24H20N2O3S/c1-16-10-12-17(13-11-16)14-25-22(27)15-29-24(28)19-7-3-2-6-18(19)23-26-20-8-4-5-9-21(20)30-23/h2-13H,14-15H2,1H3,(H,25,27). The van der Waals surface area contributed by atoms with Crippen LogP contribution in [0.2, 0.25) is 0 Å². The lowest BCUT2D eigenvalue weighted by Crippen LogP contribution is -2.28. The molecule has 0 fully saturated rings. The average molecular weight is 417 g/mol. The van der Waals surface area contributed by atoms with Gasteiger partial charge in [0.2, 0.25) is 0 Å². The monoisotopic (exact) mass is 416 g/mol. The first-order valence-corrected chi connectivity index (χ1v) is 10.4. The number of thiazole rings is 1. The highest BCUT2D eigenvalue weighted by molar-refractivity contribution is 7.21. The molecule has 5 nitrogen and oxygen atoms in total. The highest BCUT2D eigenvalue weighted by atomic mass is 32.1. The number of carbonyl (C=O) groups is 2. The van der Waals surface area contributed by atoms with E-state index < -0.39 is 5.97 Å². The van der Waals surface area contributed by atoms with Crippen LogP contribution in [0.15, 0.2) is 72.8 Å². The number of amides is 1. The summed E-state index contributed by atoms with van der Waals surface area (Å²) in [6, 6.07) is 22.9. The number of ether oxygens (including phenoxy) is 1. The van der Waals surface area contributed by atoms with Crippen LogP contribution < -0.4 is 5.32 Å². The molecule has 150 valence electrons. The van der Waals surface area contributed by atoms with Gasteiger partial charge in [0, 0.05) is 12.1 Å². The summed E-state index contributed by atoms with van der Waals surface area (Å²) in [5.74, 6) is -0.892. The number of esters is 1. The third-order valence-corrected chi connectivity index (χ3v) is 5.69. The maximum absolute atomic E-state index is 12.6. The molecule has 0 spiro atoms. The summed E-state index contributed by atoms with van der Waals surface area (Å²) in [6.45, 7) is 2.06. The van der Waals surface area contributed by atoms with Crippen LogP contribution in [0.25, 0.3) is 20.8 Å². The van der Waals surface area contributed by atoms with Crippen LogP contribution in [0.4, 0.5) is 0 Å². The largest absolute Gasteiger partial charge is 0.452 e. The van der Waals surface area contributed by atoms with E-state index in [1.165, 1.54) is 11.3 Å². The Bertz CT molecular complexity index is 1170. The molecule has 0 aliphatic rings. The van der Waals surface area contributed by atoms with E-state index in [1.807, 2.05) is 67.6 Å². The van der Waals surface area contributed by atoms with E-state index in [1.54, 1.807) is 12.1 Å². The molecule has 3 aromatic carbocycles. The van der Waals surface area contributed by atoms with Crippen LogP contribution in [0.5, 0.6) is 0 Å². The third kappa shape index (κ3) is 4.55. The predicted molar refractivity (Wildman–Crippen MR) is 118 cm³/mol. The zero-order valence-electron chi connectivity index (χ0n) is 16.4. The fourth-order valence-electron chi connectivity index (χ4n) is 3.00. The molecule has 6 heteroatoms. The van der Waals surface area contributed by atoms with Crippen molar-refractivity contribution in [2.45, 2.75) is 13.5 Å². The molecule has 0 aliphatic carbocycles. The Hall–Kier alpha value is -3.51. The number of benzene rings is 3. The van der Waals surface area contributed by atoms with Gasteiger partial charge in [0.1, 0.15) is 5.01 Å². The highest BCUT2D eigenvalue weighted by Gasteiger charge is 2.17. The molecule has 0 saturated heterocycles. The highest BCUT2D eigenvalue weighted by Crippen LogP contribution is 2.32. The topological polar surface area (TPSA) is 68.3 Å². The van der Waals surface area contributed by atoms with Crippen LogP contribution in [-0.2, 0) is 16.1 Å². The number of fused-ring (bicyclic) bond motifs is 1. The Morgan fingerprint density at radius 3 is 2.50 bits per heavy atom. The van der Waals surface area contributed by atoms with Crippen molar-refractivity contribution in [3.8, 4) is 10.6 Å². The fraction of sp³-hybridized carbons (Fsp3) is 0.125. The van der Waals surface area contributed by atoms with Crippen molar-refractivity contribution in [2.24, 2.45) is 0 Å². The van der Waals surface area contributed by atoms with Crippen molar-refractivity contribution in [3.05, 3.63) is 89.5 Å². The second-order valence-electron chi connectivity index (χ2n) is 6.87. The number of aromatic nitrogens is 1. The van der Waals surface area contributed by atoms with E-state index >= 15 is 0 Å². The number of para-hydroxylation sites is 1. The molecule has 0 atom stereocenters. The van der Waals surface area contributed by atoms with Gasteiger partial charge in [-0.2, -0.15) is 0 Å². The van der Waals surface area contributed by atoms with E-state index in [2.05, 4.69) is 10.3 Å². The molecule has 30 heavy (non-hydrogen) atoms. The van der Waals surface area contributed by atoms with E-state index in [9.17, 15) is 9.59 Å². The number of aryl methyl sites for hydroxylation is 1. The molecule has 4 rings (SSSR count). The summed E-state index contributed by atoms with van der Waals surface area (Å²) < 4.78 is 6.31. The molecule has 4 aromatic rings. The molecule has 0 aliphatic heterocycles. The van der Waals surface area contributed by atoms with Crippen molar-refractivity contribution < 1.29 is 14.3 Å². The zero-order chi connectivity index (χ0) is 20.9. The van der Waals surface area contributed by atoms with Gasteiger partial charge in [0.15, 0.2) is 6.61 Å². The average Bonchev–Trinajstić information content (AvgIpc) is 3.21. The van der Waals surface area contributed by atoms with E-state index in [-0.39, 0.29) is 12.5 Å². The molecule has 0 saturated carbocycles. The normalized spacial score (nSPS) is 10.7. The SMILES string of the molecule is Cc1ccc(CNC(=O)COC(=O)c2ccccc2-c2nc3ccccc3s2)cc1. The number of carbonyl (C=O) groups excluding carboxylic acids is 2. The minimum atomic E-state index is -0.546. The number of hydrogen-bond donors (Lipinski definition) is 1. The van der Waals surface area contributed by atoms with Crippen LogP contribution in [0.3, 0.4) is 0 Å². The maximum atomic E-state index is 12.6. The van der Waals surface area contributed by atoms with Gasteiger partial charge in [-0.05, 0) is 30.7 Å². The van der Waals surface area contributed by atoms with Gasteiger partial charge in [-0.1, -0.05) is 60.2 Å². The number of nitrogens with one attached hydrogen (secondary N) is 1. The summed E-state index contributed by atoms with van der Waals surface area (Å²) >= 11 is 1.51. The lowest BCUT2D eigenvalue weighted by Gasteiger charge is -2.09. The number of nitrogens with zero attached hydrogens (tertiary/aromatic N) is 1. The Labute approximate surface area is 178 Å². The Balaban J connectivity index is 1.41. The van der Waals surface area contributed by atoms with Gasteiger partial charge in [-0.25, -0.2) is 9.78 Å². The van der Waals surface area contributed by atoms with Crippen molar-refractivity contribution in [2.75, 3.05) is 6.61 Å². The third-order valence-electron chi connectivity index (χ3n) is 4.62. The van der Waals surface area contributed by atoms with E-state index in [0.717, 1.165) is 26.4 Å². The minimum absolute atomic E-state index is 0.334. The fourth-order valence-corrected chi connectivity index (χ4v) is 4.01. The first-order valence-electron chi connectivity index (χ1n) is 9.54. The second-order valence-corrected chi connectivity index (χ2v) is 7.90. The van der Waals surface area contributed by atoms with Crippen LogP contribution >= 0.6 is 11.3 Å². The minimum Gasteiger partial charge on any atom is -0.452 e. The second kappa shape index (κ2) is 8.88. The van der Waals surface area contributed by atoms with Crippen molar-refractivity contribution in [1.82, 2.24) is 10.3 Å².